The lowest BCUT2D eigenvalue weighted by Gasteiger charge is -2.18. The molecule has 0 bridgehead atoms. The van der Waals surface area contributed by atoms with Gasteiger partial charge >= 0.3 is 0 Å². The molecule has 0 radical (unpaired) electrons. The number of carbonyl (C=O) groups excluding carboxylic acids is 1. The summed E-state index contributed by atoms with van der Waals surface area (Å²) in [7, 11) is 0. The van der Waals surface area contributed by atoms with Crippen LogP contribution in [0.5, 0.6) is 5.75 Å². The Morgan fingerprint density at radius 3 is 2.56 bits per heavy atom. The number of carbonyl (C=O) groups is 1. The van der Waals surface area contributed by atoms with Crippen LogP contribution in [-0.4, -0.2) is 23.0 Å². The summed E-state index contributed by atoms with van der Waals surface area (Å²) in [6.45, 7) is 0. The Kier molecular flexibility index (Phi) is 4.01. The number of amides is 1. The zero-order valence-electron chi connectivity index (χ0n) is 14.6. The van der Waals surface area contributed by atoms with Gasteiger partial charge in [0.2, 0.25) is 0 Å². The second-order valence-corrected chi connectivity index (χ2v) is 7.81. The maximum Gasteiger partial charge on any atom is 0.251 e. The van der Waals surface area contributed by atoms with Crippen LogP contribution in [0.25, 0.3) is 10.9 Å². The van der Waals surface area contributed by atoms with Gasteiger partial charge in [-0.2, -0.15) is 0 Å². The Balaban J connectivity index is 1.20. The van der Waals surface area contributed by atoms with Crippen LogP contribution in [0, 0.1) is 11.8 Å². The summed E-state index contributed by atoms with van der Waals surface area (Å²) in [6, 6.07) is 17.2. The molecule has 2 fully saturated rings. The number of rotatable bonds is 4. The quantitative estimate of drug-likeness (QED) is 0.728. The van der Waals surface area contributed by atoms with Gasteiger partial charge < -0.3 is 10.1 Å². The molecule has 0 spiro atoms. The fourth-order valence-corrected chi connectivity index (χ4v) is 4.42. The average molecular weight is 379 g/mol. The van der Waals surface area contributed by atoms with Crippen molar-refractivity contribution in [1.29, 1.82) is 0 Å². The van der Waals surface area contributed by atoms with Crippen LogP contribution >= 0.6 is 11.6 Å². The number of nitrogens with one attached hydrogen (secondary N) is 1. The molecule has 2 unspecified atom stereocenters. The minimum Gasteiger partial charge on any atom is -0.490 e. The van der Waals surface area contributed by atoms with Gasteiger partial charge in [-0.25, -0.2) is 0 Å². The van der Waals surface area contributed by atoms with Crippen LogP contribution in [0.1, 0.15) is 23.2 Å². The van der Waals surface area contributed by atoms with Gasteiger partial charge in [0, 0.05) is 28.2 Å². The molecule has 2 aromatic carbocycles. The van der Waals surface area contributed by atoms with Crippen molar-refractivity contribution in [2.24, 2.45) is 11.8 Å². The fraction of sp³-hybridized carbons (Fsp3) is 0.273. The molecule has 4 nitrogen and oxygen atoms in total. The Morgan fingerprint density at radius 2 is 1.78 bits per heavy atom. The van der Waals surface area contributed by atoms with E-state index in [9.17, 15) is 4.79 Å². The largest absolute Gasteiger partial charge is 0.490 e. The average Bonchev–Trinajstić information content (AvgIpc) is 3.12. The molecular weight excluding hydrogens is 360 g/mol. The van der Waals surface area contributed by atoms with Gasteiger partial charge in [0.05, 0.1) is 11.6 Å². The number of benzene rings is 2. The zero-order valence-corrected chi connectivity index (χ0v) is 15.4. The summed E-state index contributed by atoms with van der Waals surface area (Å²) in [5.74, 6) is 1.90. The molecule has 1 aromatic heterocycles. The van der Waals surface area contributed by atoms with Gasteiger partial charge in [-0.15, -0.1) is 0 Å². The van der Waals surface area contributed by atoms with Gasteiger partial charge in [0.15, 0.2) is 0 Å². The predicted octanol–water partition coefficient (Wildman–Crippen LogP) is 4.47. The number of hydrogen-bond donors (Lipinski definition) is 1. The molecule has 5 rings (SSSR count). The first-order valence-electron chi connectivity index (χ1n) is 9.26. The molecule has 0 saturated heterocycles. The SMILES string of the molecule is O=C(NC1C2CC(Oc3ccnc4ccccc34)CC21)c1ccc(Cl)cc1. The molecule has 5 heteroatoms. The van der Waals surface area contributed by atoms with Crippen molar-refractivity contribution >= 4 is 28.4 Å². The number of aromatic nitrogens is 1. The molecule has 136 valence electrons. The van der Waals surface area contributed by atoms with Gasteiger partial charge in [0.25, 0.3) is 5.91 Å². The summed E-state index contributed by atoms with van der Waals surface area (Å²) >= 11 is 5.88. The van der Waals surface area contributed by atoms with Crippen molar-refractivity contribution in [3.05, 3.63) is 71.4 Å². The highest BCUT2D eigenvalue weighted by molar-refractivity contribution is 6.30. The van der Waals surface area contributed by atoms with Crippen LogP contribution in [0.2, 0.25) is 5.02 Å². The van der Waals surface area contributed by atoms with Crippen LogP contribution in [0.15, 0.2) is 60.8 Å². The number of ether oxygens (including phenoxy) is 1. The molecule has 1 amide bonds. The van der Waals surface area contributed by atoms with E-state index in [2.05, 4.69) is 10.3 Å². The maximum absolute atomic E-state index is 12.4. The number of nitrogens with zero attached hydrogens (tertiary/aromatic N) is 1. The molecular formula is C22H19ClN2O2. The van der Waals surface area contributed by atoms with Crippen LogP contribution in [0.3, 0.4) is 0 Å². The molecule has 2 aliphatic rings. The van der Waals surface area contributed by atoms with Gasteiger partial charge in [-0.3, -0.25) is 9.78 Å². The standard InChI is InChI=1S/C22H19ClN2O2/c23-14-7-5-13(6-8-14)22(26)25-21-17-11-15(12-18(17)21)27-20-9-10-24-19-4-2-1-3-16(19)20/h1-10,15,17-18,21H,11-12H2,(H,25,26). The lowest BCUT2D eigenvalue weighted by molar-refractivity contribution is 0.0940. The smallest absolute Gasteiger partial charge is 0.251 e. The highest BCUT2D eigenvalue weighted by Gasteiger charge is 2.57. The molecule has 0 aliphatic heterocycles. The highest BCUT2D eigenvalue weighted by Crippen LogP contribution is 2.53. The molecule has 2 atom stereocenters. The summed E-state index contributed by atoms with van der Waals surface area (Å²) in [5.41, 5.74) is 1.60. The summed E-state index contributed by atoms with van der Waals surface area (Å²) in [4.78, 5) is 16.7. The van der Waals surface area contributed by atoms with E-state index in [1.807, 2.05) is 30.3 Å². The normalized spacial score (nSPS) is 25.8. The number of hydrogen-bond acceptors (Lipinski definition) is 3. The second-order valence-electron chi connectivity index (χ2n) is 7.37. The maximum atomic E-state index is 12.4. The molecule has 1 N–H and O–H groups in total. The molecule has 2 aliphatic carbocycles. The third-order valence-electron chi connectivity index (χ3n) is 5.71. The second kappa shape index (κ2) is 6.54. The van der Waals surface area contributed by atoms with E-state index in [4.69, 9.17) is 16.3 Å². The fourth-order valence-electron chi connectivity index (χ4n) is 4.29. The van der Waals surface area contributed by atoms with Crippen molar-refractivity contribution in [2.75, 3.05) is 0 Å². The van der Waals surface area contributed by atoms with Crippen molar-refractivity contribution in [3.63, 3.8) is 0 Å². The van der Waals surface area contributed by atoms with Crippen molar-refractivity contribution in [2.45, 2.75) is 25.0 Å². The number of pyridine rings is 1. The number of para-hydroxylation sites is 1. The molecule has 1 heterocycles. The minimum absolute atomic E-state index is 0.0244. The predicted molar refractivity (Wildman–Crippen MR) is 105 cm³/mol. The van der Waals surface area contributed by atoms with Crippen LogP contribution in [0.4, 0.5) is 0 Å². The van der Waals surface area contributed by atoms with E-state index in [1.165, 1.54) is 0 Å². The van der Waals surface area contributed by atoms with E-state index in [0.29, 0.717) is 22.4 Å². The minimum atomic E-state index is -0.0244. The zero-order chi connectivity index (χ0) is 18.4. The van der Waals surface area contributed by atoms with Crippen LogP contribution < -0.4 is 10.1 Å². The lowest BCUT2D eigenvalue weighted by atomic mass is 10.1. The Morgan fingerprint density at radius 1 is 1.04 bits per heavy atom. The van der Waals surface area contributed by atoms with Crippen molar-refractivity contribution in [1.82, 2.24) is 10.3 Å². The summed E-state index contributed by atoms with van der Waals surface area (Å²) < 4.78 is 6.27. The van der Waals surface area contributed by atoms with Gasteiger partial charge in [-0.05, 0) is 67.1 Å². The van der Waals surface area contributed by atoms with Crippen molar-refractivity contribution in [3.8, 4) is 5.75 Å². The lowest BCUT2D eigenvalue weighted by Crippen LogP contribution is -2.30. The van der Waals surface area contributed by atoms with Crippen molar-refractivity contribution < 1.29 is 9.53 Å². The first kappa shape index (κ1) is 16.6. The Labute approximate surface area is 162 Å². The number of fused-ring (bicyclic) bond motifs is 2. The van der Waals surface area contributed by atoms with Gasteiger partial charge in [-0.1, -0.05) is 23.7 Å². The topological polar surface area (TPSA) is 51.2 Å². The highest BCUT2D eigenvalue weighted by atomic mass is 35.5. The Hall–Kier alpha value is -2.59. The third kappa shape index (κ3) is 3.15. The number of halogens is 1. The van der Waals surface area contributed by atoms with Gasteiger partial charge in [0.1, 0.15) is 5.75 Å². The molecule has 27 heavy (non-hydrogen) atoms. The summed E-state index contributed by atoms with van der Waals surface area (Å²) in [5, 5.41) is 4.84. The summed E-state index contributed by atoms with van der Waals surface area (Å²) in [6.07, 6.45) is 3.96. The van der Waals surface area contributed by atoms with E-state index >= 15 is 0 Å². The van der Waals surface area contributed by atoms with E-state index in [1.54, 1.807) is 30.5 Å². The van der Waals surface area contributed by atoms with E-state index in [0.717, 1.165) is 29.5 Å². The first-order chi connectivity index (χ1) is 13.2. The Bertz CT molecular complexity index is 987. The van der Waals surface area contributed by atoms with E-state index < -0.39 is 0 Å². The monoisotopic (exact) mass is 378 g/mol. The molecule has 2 saturated carbocycles. The van der Waals surface area contributed by atoms with E-state index in [-0.39, 0.29) is 18.1 Å². The first-order valence-corrected chi connectivity index (χ1v) is 9.64. The third-order valence-corrected chi connectivity index (χ3v) is 5.96. The van der Waals surface area contributed by atoms with Crippen LogP contribution in [-0.2, 0) is 0 Å². The molecule has 3 aromatic rings.